The maximum atomic E-state index is 12.6. The number of anilines is 1. The van der Waals surface area contributed by atoms with Gasteiger partial charge < -0.3 is 10.1 Å². The molecule has 2 aromatic rings. The van der Waals surface area contributed by atoms with Crippen LogP contribution in [0.1, 0.15) is 24.5 Å². The Labute approximate surface area is 177 Å². The van der Waals surface area contributed by atoms with E-state index >= 15 is 0 Å². The zero-order chi connectivity index (χ0) is 21.6. The lowest BCUT2D eigenvalue weighted by atomic mass is 10.1. The van der Waals surface area contributed by atoms with Crippen molar-refractivity contribution in [3.8, 4) is 5.75 Å². The summed E-state index contributed by atoms with van der Waals surface area (Å²) in [4.78, 5) is 12.6. The molecular formula is C21H27ClN2O4S. The van der Waals surface area contributed by atoms with Crippen molar-refractivity contribution in [3.63, 3.8) is 0 Å². The molecule has 29 heavy (non-hydrogen) atoms. The number of hydrogen-bond donors (Lipinski definition) is 1. The van der Waals surface area contributed by atoms with E-state index in [-0.39, 0.29) is 5.91 Å². The van der Waals surface area contributed by atoms with Gasteiger partial charge >= 0.3 is 0 Å². The van der Waals surface area contributed by atoms with Crippen molar-refractivity contribution in [2.24, 2.45) is 0 Å². The standard InChI is InChI=1S/C21H27ClN2O4S/c1-15-10-11-18(14-20(15)22)24(29(4,26)27)16(2)21(25)23-12-6-8-17-7-5-9-19(13-17)28-3/h5,7,9-11,13-14,16H,6,8,12H2,1-4H3,(H,23,25)/t16-/m0/s1. The van der Waals surface area contributed by atoms with Crippen LogP contribution in [0.15, 0.2) is 42.5 Å². The molecule has 0 aromatic heterocycles. The zero-order valence-corrected chi connectivity index (χ0v) is 18.7. The number of carbonyl (C=O) groups excluding carboxylic acids is 1. The molecule has 1 amide bonds. The molecule has 1 atom stereocenters. The van der Waals surface area contributed by atoms with Crippen LogP contribution < -0.4 is 14.4 Å². The van der Waals surface area contributed by atoms with E-state index in [2.05, 4.69) is 5.32 Å². The highest BCUT2D eigenvalue weighted by Crippen LogP contribution is 2.26. The second kappa shape index (κ2) is 9.98. The zero-order valence-electron chi connectivity index (χ0n) is 17.1. The number of halogens is 1. The molecule has 0 spiro atoms. The molecule has 0 saturated heterocycles. The number of ether oxygens (including phenoxy) is 1. The summed E-state index contributed by atoms with van der Waals surface area (Å²) in [6.45, 7) is 3.83. The fourth-order valence-electron chi connectivity index (χ4n) is 3.01. The molecule has 8 heteroatoms. The molecule has 0 radical (unpaired) electrons. The number of methoxy groups -OCH3 is 1. The third kappa shape index (κ3) is 6.37. The van der Waals surface area contributed by atoms with E-state index in [0.29, 0.717) is 17.3 Å². The molecule has 0 aliphatic rings. The monoisotopic (exact) mass is 438 g/mol. The van der Waals surface area contributed by atoms with E-state index in [1.807, 2.05) is 31.2 Å². The minimum absolute atomic E-state index is 0.363. The van der Waals surface area contributed by atoms with E-state index in [9.17, 15) is 13.2 Å². The molecule has 0 aliphatic carbocycles. The fraction of sp³-hybridized carbons (Fsp3) is 0.381. The molecule has 0 saturated carbocycles. The first-order valence-electron chi connectivity index (χ1n) is 9.29. The number of carbonyl (C=O) groups is 1. The van der Waals surface area contributed by atoms with Crippen molar-refractivity contribution in [3.05, 3.63) is 58.6 Å². The van der Waals surface area contributed by atoms with Gasteiger partial charge in [0.2, 0.25) is 15.9 Å². The summed E-state index contributed by atoms with van der Waals surface area (Å²) in [5, 5.41) is 3.27. The molecule has 0 fully saturated rings. The number of nitrogens with one attached hydrogen (secondary N) is 1. The van der Waals surface area contributed by atoms with E-state index in [1.54, 1.807) is 32.2 Å². The van der Waals surface area contributed by atoms with Crippen LogP contribution in [0.4, 0.5) is 5.69 Å². The Balaban J connectivity index is 2.00. The highest BCUT2D eigenvalue weighted by molar-refractivity contribution is 7.92. The molecule has 0 aliphatic heterocycles. The summed E-state index contributed by atoms with van der Waals surface area (Å²) in [6.07, 6.45) is 2.57. The largest absolute Gasteiger partial charge is 0.497 e. The molecule has 0 heterocycles. The highest BCUT2D eigenvalue weighted by Gasteiger charge is 2.29. The van der Waals surface area contributed by atoms with Gasteiger partial charge in [-0.1, -0.05) is 29.8 Å². The number of rotatable bonds is 9. The third-order valence-corrected chi connectivity index (χ3v) is 6.22. The van der Waals surface area contributed by atoms with Crippen molar-refractivity contribution in [2.45, 2.75) is 32.7 Å². The second-order valence-electron chi connectivity index (χ2n) is 6.91. The van der Waals surface area contributed by atoms with E-state index < -0.39 is 16.1 Å². The van der Waals surface area contributed by atoms with Gasteiger partial charge in [0, 0.05) is 11.6 Å². The Morgan fingerprint density at radius 1 is 1.24 bits per heavy atom. The van der Waals surface area contributed by atoms with Crippen LogP contribution in [-0.2, 0) is 21.2 Å². The fourth-order valence-corrected chi connectivity index (χ4v) is 4.35. The predicted molar refractivity (Wildman–Crippen MR) is 117 cm³/mol. The van der Waals surface area contributed by atoms with E-state index in [1.165, 1.54) is 0 Å². The van der Waals surface area contributed by atoms with Crippen molar-refractivity contribution in [1.29, 1.82) is 0 Å². The molecule has 0 unspecified atom stereocenters. The molecule has 6 nitrogen and oxygen atoms in total. The normalized spacial score (nSPS) is 12.3. The SMILES string of the molecule is COc1cccc(CCCNC(=O)[C@H](C)N(c2ccc(C)c(Cl)c2)S(C)(=O)=O)c1. The van der Waals surface area contributed by atoms with Crippen LogP contribution in [0, 0.1) is 6.92 Å². The molecule has 2 rings (SSSR count). The van der Waals surface area contributed by atoms with Gasteiger partial charge in [-0.3, -0.25) is 9.10 Å². The summed E-state index contributed by atoms with van der Waals surface area (Å²) in [6, 6.07) is 11.8. The number of aryl methyl sites for hydroxylation is 2. The van der Waals surface area contributed by atoms with Gasteiger partial charge in [-0.2, -0.15) is 0 Å². The average Bonchev–Trinajstić information content (AvgIpc) is 2.67. The van der Waals surface area contributed by atoms with Gasteiger partial charge in [0.25, 0.3) is 0 Å². The third-order valence-electron chi connectivity index (χ3n) is 4.57. The van der Waals surface area contributed by atoms with Gasteiger partial charge in [0.1, 0.15) is 11.8 Å². The second-order valence-corrected chi connectivity index (χ2v) is 9.18. The van der Waals surface area contributed by atoms with Gasteiger partial charge in [0.15, 0.2) is 0 Å². The van der Waals surface area contributed by atoms with Crippen molar-refractivity contribution < 1.29 is 17.9 Å². The van der Waals surface area contributed by atoms with Gasteiger partial charge in [-0.05, 0) is 62.1 Å². The maximum absolute atomic E-state index is 12.6. The number of benzene rings is 2. The van der Waals surface area contributed by atoms with Gasteiger partial charge in [0.05, 0.1) is 19.1 Å². The van der Waals surface area contributed by atoms with Crippen molar-refractivity contribution in [2.75, 3.05) is 24.2 Å². The molecule has 1 N–H and O–H groups in total. The van der Waals surface area contributed by atoms with Crippen LogP contribution >= 0.6 is 11.6 Å². The Kier molecular flexibility index (Phi) is 7.93. The first kappa shape index (κ1) is 23.0. The molecule has 158 valence electrons. The Bertz CT molecular complexity index is 963. The lowest BCUT2D eigenvalue weighted by Gasteiger charge is -2.28. The molecule has 0 bridgehead atoms. The van der Waals surface area contributed by atoms with Crippen LogP contribution in [0.5, 0.6) is 5.75 Å². The lowest BCUT2D eigenvalue weighted by molar-refractivity contribution is -0.121. The minimum atomic E-state index is -3.67. The number of sulfonamides is 1. The van der Waals surface area contributed by atoms with Crippen molar-refractivity contribution >= 4 is 33.2 Å². The first-order valence-corrected chi connectivity index (χ1v) is 11.5. The Morgan fingerprint density at radius 3 is 2.59 bits per heavy atom. The topological polar surface area (TPSA) is 75.7 Å². The summed E-state index contributed by atoms with van der Waals surface area (Å²) in [5.41, 5.74) is 2.30. The summed E-state index contributed by atoms with van der Waals surface area (Å²) < 4.78 is 31.0. The summed E-state index contributed by atoms with van der Waals surface area (Å²) in [5.74, 6) is 0.429. The van der Waals surface area contributed by atoms with Crippen molar-refractivity contribution in [1.82, 2.24) is 5.32 Å². The molecular weight excluding hydrogens is 412 g/mol. The quantitative estimate of drug-likeness (QED) is 0.607. The van der Waals surface area contributed by atoms with Crippen LogP contribution in [-0.4, -0.2) is 40.3 Å². The summed E-state index contributed by atoms with van der Waals surface area (Å²) >= 11 is 6.14. The molecule has 2 aromatic carbocycles. The maximum Gasteiger partial charge on any atom is 0.243 e. The average molecular weight is 439 g/mol. The predicted octanol–water partition coefficient (Wildman–Crippen LogP) is 3.56. The van der Waals surface area contributed by atoms with Crippen LogP contribution in [0.3, 0.4) is 0 Å². The van der Waals surface area contributed by atoms with Gasteiger partial charge in [-0.15, -0.1) is 0 Å². The summed E-state index contributed by atoms with van der Waals surface area (Å²) in [7, 11) is -2.05. The van der Waals surface area contributed by atoms with E-state index in [4.69, 9.17) is 16.3 Å². The smallest absolute Gasteiger partial charge is 0.243 e. The number of hydrogen-bond acceptors (Lipinski definition) is 4. The highest BCUT2D eigenvalue weighted by atomic mass is 35.5. The van der Waals surface area contributed by atoms with E-state index in [0.717, 1.165) is 40.3 Å². The number of amides is 1. The number of nitrogens with zero attached hydrogens (tertiary/aromatic N) is 1. The van der Waals surface area contributed by atoms with Crippen LogP contribution in [0.2, 0.25) is 5.02 Å². The first-order chi connectivity index (χ1) is 13.6. The van der Waals surface area contributed by atoms with Crippen LogP contribution in [0.25, 0.3) is 0 Å². The Hall–Kier alpha value is -2.25. The lowest BCUT2D eigenvalue weighted by Crippen LogP contribution is -2.48. The minimum Gasteiger partial charge on any atom is -0.497 e. The van der Waals surface area contributed by atoms with Gasteiger partial charge in [-0.25, -0.2) is 8.42 Å². The Morgan fingerprint density at radius 2 is 1.97 bits per heavy atom.